The zero-order valence-electron chi connectivity index (χ0n) is 10.9. The highest BCUT2D eigenvalue weighted by Crippen LogP contribution is 2.04. The summed E-state index contributed by atoms with van der Waals surface area (Å²) >= 11 is 0. The molecule has 5 nitrogen and oxygen atoms in total. The van der Waals surface area contributed by atoms with Crippen LogP contribution in [0.25, 0.3) is 0 Å². The quantitative estimate of drug-likeness (QED) is 0.853. The number of nitrogens with one attached hydrogen (secondary N) is 2. The van der Waals surface area contributed by atoms with E-state index in [1.54, 1.807) is 0 Å². The van der Waals surface area contributed by atoms with Crippen LogP contribution in [0, 0.1) is 0 Å². The second kappa shape index (κ2) is 6.89. The lowest BCUT2D eigenvalue weighted by Crippen LogP contribution is -2.44. The number of nitrogens with zero attached hydrogens (tertiary/aromatic N) is 1. The molecular formula is C14H19N3O2. The second-order valence-electron chi connectivity index (χ2n) is 4.70. The predicted molar refractivity (Wildman–Crippen MR) is 72.5 cm³/mol. The number of hydrogen-bond donors (Lipinski definition) is 2. The van der Waals surface area contributed by atoms with Gasteiger partial charge in [-0.05, 0) is 31.5 Å². The number of benzene rings is 1. The van der Waals surface area contributed by atoms with E-state index in [4.69, 9.17) is 0 Å². The number of carbonyl (C=O) groups excluding carboxylic acids is 2. The molecule has 5 heteroatoms. The number of carbonyl (C=O) groups is 2. The molecular weight excluding hydrogens is 242 g/mol. The highest BCUT2D eigenvalue weighted by Gasteiger charge is 2.13. The van der Waals surface area contributed by atoms with Crippen molar-refractivity contribution in [2.45, 2.75) is 19.3 Å². The van der Waals surface area contributed by atoms with Gasteiger partial charge >= 0.3 is 6.03 Å². The fourth-order valence-corrected chi connectivity index (χ4v) is 2.12. The van der Waals surface area contributed by atoms with Gasteiger partial charge in [-0.2, -0.15) is 0 Å². The summed E-state index contributed by atoms with van der Waals surface area (Å²) in [6.07, 6.45) is 2.57. The molecule has 1 heterocycles. The first-order valence-corrected chi connectivity index (χ1v) is 6.58. The molecule has 0 aliphatic carbocycles. The van der Waals surface area contributed by atoms with Crippen LogP contribution in [0.2, 0.25) is 0 Å². The third-order valence-corrected chi connectivity index (χ3v) is 3.12. The lowest BCUT2D eigenvalue weighted by molar-refractivity contribution is -0.119. The van der Waals surface area contributed by atoms with Gasteiger partial charge in [0.15, 0.2) is 0 Å². The summed E-state index contributed by atoms with van der Waals surface area (Å²) in [5.74, 6) is -0.287. The Balaban J connectivity index is 1.68. The van der Waals surface area contributed by atoms with E-state index in [-0.39, 0.29) is 12.3 Å². The number of imide groups is 1. The SMILES string of the molecule is O=C(Cc1ccccc1)NC(=O)NCN1CCCC1. The summed E-state index contributed by atoms with van der Waals surface area (Å²) in [5.41, 5.74) is 0.896. The molecule has 1 fully saturated rings. The van der Waals surface area contributed by atoms with Crippen molar-refractivity contribution in [3.63, 3.8) is 0 Å². The van der Waals surface area contributed by atoms with Crippen molar-refractivity contribution in [2.75, 3.05) is 19.8 Å². The van der Waals surface area contributed by atoms with Crippen LogP contribution in [0.3, 0.4) is 0 Å². The molecule has 0 atom stereocenters. The van der Waals surface area contributed by atoms with Gasteiger partial charge in [0.1, 0.15) is 0 Å². The van der Waals surface area contributed by atoms with Crippen LogP contribution in [0.4, 0.5) is 4.79 Å². The van der Waals surface area contributed by atoms with Crippen molar-refractivity contribution in [3.8, 4) is 0 Å². The molecule has 1 aromatic carbocycles. The standard InChI is InChI=1S/C14H19N3O2/c18-13(10-12-6-2-1-3-7-12)16-14(19)15-11-17-8-4-5-9-17/h1-3,6-7H,4-5,8-11H2,(H2,15,16,18,19). The fourth-order valence-electron chi connectivity index (χ4n) is 2.12. The van der Waals surface area contributed by atoms with Crippen molar-refractivity contribution >= 4 is 11.9 Å². The first-order valence-electron chi connectivity index (χ1n) is 6.58. The lowest BCUT2D eigenvalue weighted by atomic mass is 10.1. The number of hydrogen-bond acceptors (Lipinski definition) is 3. The van der Waals surface area contributed by atoms with E-state index in [0.29, 0.717) is 6.67 Å². The summed E-state index contributed by atoms with van der Waals surface area (Å²) in [7, 11) is 0. The Hall–Kier alpha value is -1.88. The molecule has 2 N–H and O–H groups in total. The van der Waals surface area contributed by atoms with Crippen LogP contribution in [-0.2, 0) is 11.2 Å². The van der Waals surface area contributed by atoms with Crippen LogP contribution in [0.15, 0.2) is 30.3 Å². The minimum absolute atomic E-state index is 0.220. The molecule has 0 aromatic heterocycles. The van der Waals surface area contributed by atoms with Gasteiger partial charge < -0.3 is 5.32 Å². The van der Waals surface area contributed by atoms with E-state index in [1.165, 1.54) is 12.8 Å². The first kappa shape index (κ1) is 13.5. The largest absolute Gasteiger partial charge is 0.325 e. The predicted octanol–water partition coefficient (Wildman–Crippen LogP) is 1.11. The topological polar surface area (TPSA) is 61.4 Å². The summed E-state index contributed by atoms with van der Waals surface area (Å²) < 4.78 is 0. The summed E-state index contributed by atoms with van der Waals surface area (Å²) in [6.45, 7) is 2.53. The average Bonchev–Trinajstić information content (AvgIpc) is 2.90. The van der Waals surface area contributed by atoms with Crippen LogP contribution < -0.4 is 10.6 Å². The molecule has 1 aliphatic rings. The monoisotopic (exact) mass is 261 g/mol. The first-order chi connectivity index (χ1) is 9.24. The highest BCUT2D eigenvalue weighted by molar-refractivity contribution is 5.95. The molecule has 0 radical (unpaired) electrons. The maximum absolute atomic E-state index is 11.6. The minimum atomic E-state index is -0.423. The fraction of sp³-hybridized carbons (Fsp3) is 0.429. The molecule has 19 heavy (non-hydrogen) atoms. The van der Waals surface area contributed by atoms with Gasteiger partial charge in [0.05, 0.1) is 13.1 Å². The average molecular weight is 261 g/mol. The van der Waals surface area contributed by atoms with E-state index in [2.05, 4.69) is 15.5 Å². The molecule has 1 aliphatic heterocycles. The van der Waals surface area contributed by atoms with Gasteiger partial charge in [-0.15, -0.1) is 0 Å². The van der Waals surface area contributed by atoms with Crippen LogP contribution in [0.5, 0.6) is 0 Å². The van der Waals surface area contributed by atoms with Crippen LogP contribution >= 0.6 is 0 Å². The lowest BCUT2D eigenvalue weighted by Gasteiger charge is -2.15. The van der Waals surface area contributed by atoms with E-state index in [0.717, 1.165) is 18.7 Å². The van der Waals surface area contributed by atoms with Gasteiger partial charge in [0, 0.05) is 0 Å². The minimum Gasteiger partial charge on any atom is -0.325 e. The number of amides is 3. The molecule has 2 rings (SSSR count). The van der Waals surface area contributed by atoms with Crippen molar-refractivity contribution in [1.82, 2.24) is 15.5 Å². The Morgan fingerprint density at radius 1 is 1.11 bits per heavy atom. The zero-order valence-corrected chi connectivity index (χ0v) is 10.9. The molecule has 102 valence electrons. The number of likely N-dealkylation sites (tertiary alicyclic amines) is 1. The molecule has 1 saturated heterocycles. The van der Waals surface area contributed by atoms with Crippen molar-refractivity contribution in [3.05, 3.63) is 35.9 Å². The summed E-state index contributed by atoms with van der Waals surface area (Å²) in [6, 6.07) is 8.94. The molecule has 3 amide bonds. The summed E-state index contributed by atoms with van der Waals surface area (Å²) in [4.78, 5) is 25.3. The van der Waals surface area contributed by atoms with Gasteiger partial charge in [-0.3, -0.25) is 15.0 Å². The smallest absolute Gasteiger partial charge is 0.322 e. The normalized spacial score (nSPS) is 15.2. The Bertz CT molecular complexity index is 428. The molecule has 0 unspecified atom stereocenters. The third kappa shape index (κ3) is 4.71. The highest BCUT2D eigenvalue weighted by atomic mass is 16.2. The van der Waals surface area contributed by atoms with Crippen molar-refractivity contribution < 1.29 is 9.59 Å². The second-order valence-corrected chi connectivity index (χ2v) is 4.70. The van der Waals surface area contributed by atoms with Gasteiger partial charge in [-0.25, -0.2) is 4.79 Å². The van der Waals surface area contributed by atoms with Gasteiger partial charge in [0.25, 0.3) is 0 Å². The maximum Gasteiger partial charge on any atom is 0.322 e. The van der Waals surface area contributed by atoms with Crippen LogP contribution in [0.1, 0.15) is 18.4 Å². The Kier molecular flexibility index (Phi) is 4.92. The van der Waals surface area contributed by atoms with Gasteiger partial charge in [0.2, 0.25) is 5.91 Å². The van der Waals surface area contributed by atoms with Gasteiger partial charge in [-0.1, -0.05) is 30.3 Å². The Labute approximate surface area is 113 Å². The van der Waals surface area contributed by atoms with Crippen LogP contribution in [-0.4, -0.2) is 36.6 Å². The van der Waals surface area contributed by atoms with E-state index in [1.807, 2.05) is 30.3 Å². The molecule has 1 aromatic rings. The Morgan fingerprint density at radius 3 is 2.47 bits per heavy atom. The molecule has 0 saturated carbocycles. The van der Waals surface area contributed by atoms with Crippen molar-refractivity contribution in [2.24, 2.45) is 0 Å². The van der Waals surface area contributed by atoms with Crippen molar-refractivity contribution in [1.29, 1.82) is 0 Å². The maximum atomic E-state index is 11.6. The number of rotatable bonds is 4. The third-order valence-electron chi connectivity index (χ3n) is 3.12. The van der Waals surface area contributed by atoms with E-state index in [9.17, 15) is 9.59 Å². The molecule has 0 spiro atoms. The Morgan fingerprint density at radius 2 is 1.79 bits per heavy atom. The van der Waals surface area contributed by atoms with E-state index >= 15 is 0 Å². The van der Waals surface area contributed by atoms with E-state index < -0.39 is 6.03 Å². The summed E-state index contributed by atoms with van der Waals surface area (Å²) in [5, 5.41) is 5.03. The number of urea groups is 1. The zero-order chi connectivity index (χ0) is 13.5. The molecule has 0 bridgehead atoms.